The molecular formula is C51H70O10S2. The van der Waals surface area contributed by atoms with Gasteiger partial charge in [0, 0.05) is 22.7 Å². The second kappa shape index (κ2) is 23.4. The average Bonchev–Trinajstić information content (AvgIpc) is 3.41. The monoisotopic (exact) mass is 906 g/mol. The number of rotatable bonds is 20. The highest BCUT2D eigenvalue weighted by Crippen LogP contribution is 2.50. The molecule has 4 aromatic carbocycles. The average molecular weight is 907 g/mol. The number of unbranched alkanes of at least 4 members (excludes halogenated alkanes) is 2. The van der Waals surface area contributed by atoms with Gasteiger partial charge in [0.15, 0.2) is 19.7 Å². The summed E-state index contributed by atoms with van der Waals surface area (Å²) in [6, 6.07) is 31.7. The van der Waals surface area contributed by atoms with Crippen LogP contribution in [0, 0.1) is 10.8 Å². The quantitative estimate of drug-likeness (QED) is 0.0823. The van der Waals surface area contributed by atoms with E-state index in [-0.39, 0.29) is 47.0 Å². The van der Waals surface area contributed by atoms with Crippen LogP contribution in [0.5, 0.6) is 11.5 Å². The summed E-state index contributed by atoms with van der Waals surface area (Å²) in [7, 11) is -7.29. The number of aliphatic hydroxyl groups is 2. The van der Waals surface area contributed by atoms with Gasteiger partial charge in [-0.25, -0.2) is 16.8 Å². The van der Waals surface area contributed by atoms with Gasteiger partial charge in [-0.1, -0.05) is 127 Å². The summed E-state index contributed by atoms with van der Waals surface area (Å²) in [5, 5.41) is 23.5. The van der Waals surface area contributed by atoms with Gasteiger partial charge in [-0.15, -0.1) is 0 Å². The standard InChI is InChI=1S/C45H64O10S2.C6H6/c1-6-10-21-44(8-3)31-56(48,49)39-19-17-35(29-37(39)33(5)42(44)46)54-27-25-52-23-24-53-26-28-55-36-18-20-40-38(30-36)41(34-15-13-12-14-16-34)43(47)45(9-4,22-11-7-2)32-57(40,50)51;1-2-4-6-5-3-1/h12-20,29-30,33,41-43,46-47H,6-11,21-28,31-32H2,1-5H3;1-6H/t33-,41+,42-,43+,44+,45-;/m0./s1. The van der Waals surface area contributed by atoms with Crippen LogP contribution in [0.3, 0.4) is 0 Å². The lowest BCUT2D eigenvalue weighted by molar-refractivity contribution is 0.0125. The first-order valence-corrected chi connectivity index (χ1v) is 26.1. The van der Waals surface area contributed by atoms with Crippen molar-refractivity contribution in [2.75, 3.05) is 51.1 Å². The van der Waals surface area contributed by atoms with Crippen molar-refractivity contribution in [1.82, 2.24) is 0 Å². The highest BCUT2D eigenvalue weighted by Gasteiger charge is 2.49. The third-order valence-corrected chi connectivity index (χ3v) is 17.1. The molecule has 2 aliphatic rings. The summed E-state index contributed by atoms with van der Waals surface area (Å²) >= 11 is 0. The van der Waals surface area contributed by atoms with Crippen molar-refractivity contribution >= 4 is 19.7 Å². The highest BCUT2D eigenvalue weighted by molar-refractivity contribution is 7.91. The van der Waals surface area contributed by atoms with E-state index in [1.807, 2.05) is 87.5 Å². The Kier molecular flexibility index (Phi) is 18.7. The number of ether oxygens (including phenoxy) is 4. The van der Waals surface area contributed by atoms with E-state index in [1.165, 1.54) is 0 Å². The van der Waals surface area contributed by atoms with Gasteiger partial charge in [-0.05, 0) is 78.8 Å². The zero-order chi connectivity index (χ0) is 45.5. The topological polar surface area (TPSA) is 146 Å². The van der Waals surface area contributed by atoms with Crippen LogP contribution in [0.1, 0.15) is 115 Å². The summed E-state index contributed by atoms with van der Waals surface area (Å²) in [4.78, 5) is 0.521. The number of fused-ring (bicyclic) bond motifs is 2. The second-order valence-corrected chi connectivity index (χ2v) is 21.1. The van der Waals surface area contributed by atoms with Crippen LogP contribution in [0.4, 0.5) is 0 Å². The molecule has 0 radical (unpaired) electrons. The van der Waals surface area contributed by atoms with Crippen molar-refractivity contribution in [2.24, 2.45) is 10.8 Å². The first-order valence-electron chi connectivity index (χ1n) is 22.8. The van der Waals surface area contributed by atoms with E-state index in [4.69, 9.17) is 18.9 Å². The third kappa shape index (κ3) is 12.5. The van der Waals surface area contributed by atoms with E-state index in [1.54, 1.807) is 36.4 Å². The molecule has 0 amide bonds. The van der Waals surface area contributed by atoms with Crippen molar-refractivity contribution in [3.63, 3.8) is 0 Å². The van der Waals surface area contributed by atoms with Gasteiger partial charge >= 0.3 is 0 Å². The zero-order valence-electron chi connectivity index (χ0n) is 37.9. The van der Waals surface area contributed by atoms with E-state index in [0.717, 1.165) is 31.2 Å². The Labute approximate surface area is 377 Å². The molecule has 12 heteroatoms. The molecule has 0 aromatic heterocycles. The molecule has 6 rings (SSSR count). The van der Waals surface area contributed by atoms with Crippen LogP contribution in [-0.2, 0) is 29.1 Å². The molecule has 0 bridgehead atoms. The molecule has 0 spiro atoms. The van der Waals surface area contributed by atoms with Gasteiger partial charge in [0.05, 0.1) is 59.9 Å². The SMILES string of the molecule is CCCC[C@@]1(CC)CS(=O)(=O)c2ccc(OCCOCCOCCOc3ccc4c(c3)[C@H](C)[C@H](O)[C@](CC)(CCCC)CS4(=O)=O)cc2[C@@H](c2ccccc2)[C@H]1O.c1ccccc1. The normalized spacial score (nSPS) is 24.7. The number of benzene rings is 4. The summed E-state index contributed by atoms with van der Waals surface area (Å²) in [5.74, 6) is -0.0160. The van der Waals surface area contributed by atoms with Crippen LogP contribution in [-0.4, -0.2) is 90.4 Å². The van der Waals surface area contributed by atoms with E-state index >= 15 is 0 Å². The largest absolute Gasteiger partial charge is 0.491 e. The van der Waals surface area contributed by atoms with E-state index in [0.29, 0.717) is 68.1 Å². The lowest BCUT2D eigenvalue weighted by Gasteiger charge is -2.39. The molecule has 63 heavy (non-hydrogen) atoms. The molecule has 6 atom stereocenters. The molecule has 0 saturated carbocycles. The van der Waals surface area contributed by atoms with Gasteiger partial charge in [-0.2, -0.15) is 0 Å². The van der Waals surface area contributed by atoms with Gasteiger partial charge in [0.25, 0.3) is 0 Å². The lowest BCUT2D eigenvalue weighted by Crippen LogP contribution is -2.42. The number of aliphatic hydroxyl groups excluding tert-OH is 2. The predicted octanol–water partition coefficient (Wildman–Crippen LogP) is 9.57. The maximum atomic E-state index is 13.9. The molecule has 346 valence electrons. The van der Waals surface area contributed by atoms with Gasteiger partial charge in [0.2, 0.25) is 0 Å². The van der Waals surface area contributed by atoms with Crippen LogP contribution in [0.2, 0.25) is 0 Å². The fourth-order valence-corrected chi connectivity index (χ4v) is 13.9. The van der Waals surface area contributed by atoms with Gasteiger partial charge in [0.1, 0.15) is 24.7 Å². The van der Waals surface area contributed by atoms with E-state index < -0.39 is 48.6 Å². The Morgan fingerprint density at radius 2 is 0.968 bits per heavy atom. The third-order valence-electron chi connectivity index (χ3n) is 13.1. The van der Waals surface area contributed by atoms with Crippen molar-refractivity contribution in [3.05, 3.63) is 120 Å². The van der Waals surface area contributed by atoms with E-state index in [2.05, 4.69) is 13.8 Å². The smallest absolute Gasteiger partial charge is 0.179 e. The molecule has 0 aliphatic carbocycles. The molecular weight excluding hydrogens is 837 g/mol. The minimum Gasteiger partial charge on any atom is -0.491 e. The number of hydrogen-bond donors (Lipinski definition) is 2. The Morgan fingerprint density at radius 3 is 1.43 bits per heavy atom. The minimum atomic E-state index is -3.69. The minimum absolute atomic E-state index is 0.0587. The predicted molar refractivity (Wildman–Crippen MR) is 249 cm³/mol. The second-order valence-electron chi connectivity index (χ2n) is 17.2. The van der Waals surface area contributed by atoms with E-state index in [9.17, 15) is 27.0 Å². The summed E-state index contributed by atoms with van der Waals surface area (Å²) < 4.78 is 78.3. The van der Waals surface area contributed by atoms with Crippen LogP contribution >= 0.6 is 0 Å². The van der Waals surface area contributed by atoms with Crippen molar-refractivity contribution in [2.45, 2.75) is 120 Å². The molecule has 2 N–H and O–H groups in total. The van der Waals surface area contributed by atoms with Crippen molar-refractivity contribution < 1.29 is 46.0 Å². The maximum absolute atomic E-state index is 13.9. The summed E-state index contributed by atoms with van der Waals surface area (Å²) in [6.45, 7) is 11.7. The molecule has 10 nitrogen and oxygen atoms in total. The Balaban J connectivity index is 0.00000115. The number of sulfone groups is 2. The van der Waals surface area contributed by atoms with Gasteiger partial charge in [-0.3, -0.25) is 0 Å². The van der Waals surface area contributed by atoms with Crippen molar-refractivity contribution in [3.8, 4) is 11.5 Å². The summed E-state index contributed by atoms with van der Waals surface area (Å²) in [5.41, 5.74) is 0.553. The fourth-order valence-electron chi connectivity index (χ4n) is 9.34. The fraction of sp³-hybridized carbons (Fsp3) is 0.529. The molecule has 2 heterocycles. The zero-order valence-corrected chi connectivity index (χ0v) is 39.5. The maximum Gasteiger partial charge on any atom is 0.179 e. The molecule has 0 saturated heterocycles. The van der Waals surface area contributed by atoms with Gasteiger partial charge < -0.3 is 29.2 Å². The molecule has 0 fully saturated rings. The van der Waals surface area contributed by atoms with Crippen LogP contribution < -0.4 is 9.47 Å². The summed E-state index contributed by atoms with van der Waals surface area (Å²) in [6.07, 6.45) is 4.30. The molecule has 0 unspecified atom stereocenters. The number of hydrogen-bond acceptors (Lipinski definition) is 10. The molecule has 4 aromatic rings. The Bertz CT molecular complexity index is 2190. The van der Waals surface area contributed by atoms with Crippen molar-refractivity contribution in [1.29, 1.82) is 0 Å². The molecule has 2 aliphatic heterocycles. The van der Waals surface area contributed by atoms with Crippen LogP contribution in [0.15, 0.2) is 113 Å². The first-order chi connectivity index (χ1) is 30.3. The Hall–Kier alpha value is -3.78. The Morgan fingerprint density at radius 1 is 0.556 bits per heavy atom. The first kappa shape index (κ1) is 50.2. The highest BCUT2D eigenvalue weighted by atomic mass is 32.2. The van der Waals surface area contributed by atoms with Crippen LogP contribution in [0.25, 0.3) is 0 Å². The lowest BCUT2D eigenvalue weighted by atomic mass is 9.69.